The van der Waals surface area contributed by atoms with Gasteiger partial charge in [-0.1, -0.05) is 37.6 Å². The molecule has 0 fully saturated rings. The molecule has 1 aromatic rings. The van der Waals surface area contributed by atoms with E-state index in [2.05, 4.69) is 24.2 Å². The van der Waals surface area contributed by atoms with Crippen LogP contribution in [0.2, 0.25) is 5.02 Å². The predicted octanol–water partition coefficient (Wildman–Crippen LogP) is 2.56. The molecule has 0 amide bonds. The fraction of sp³-hybridized carbons (Fsp3) is 0.533. The second-order valence-corrected chi connectivity index (χ2v) is 6.03. The van der Waals surface area contributed by atoms with Crippen LogP contribution in [0, 0.1) is 0 Å². The van der Waals surface area contributed by atoms with Crippen molar-refractivity contribution < 1.29 is 4.74 Å². The van der Waals surface area contributed by atoms with Crippen LogP contribution in [-0.4, -0.2) is 32.3 Å². The maximum absolute atomic E-state index is 5.91. The third kappa shape index (κ3) is 5.39. The highest BCUT2D eigenvalue weighted by molar-refractivity contribution is 6.30. The first-order valence-electron chi connectivity index (χ1n) is 6.66. The number of benzene rings is 1. The van der Waals surface area contributed by atoms with Crippen LogP contribution in [0.25, 0.3) is 0 Å². The summed E-state index contributed by atoms with van der Waals surface area (Å²) >= 11 is 5.91. The van der Waals surface area contributed by atoms with Gasteiger partial charge in [0, 0.05) is 23.6 Å². The van der Waals surface area contributed by atoms with Crippen molar-refractivity contribution >= 4 is 17.6 Å². The number of hydrogen-bond acceptors (Lipinski definition) is 2. The van der Waals surface area contributed by atoms with Crippen molar-refractivity contribution in [1.29, 1.82) is 0 Å². The Bertz CT molecular complexity index is 443. The van der Waals surface area contributed by atoms with Crippen LogP contribution in [0.1, 0.15) is 26.3 Å². The average Bonchev–Trinajstić information content (AvgIpc) is 2.37. The van der Waals surface area contributed by atoms with Gasteiger partial charge in [0.1, 0.15) is 0 Å². The highest BCUT2D eigenvalue weighted by Crippen LogP contribution is 2.24. The molecule has 5 heteroatoms. The lowest BCUT2D eigenvalue weighted by Crippen LogP contribution is -2.41. The molecule has 20 heavy (non-hydrogen) atoms. The number of methoxy groups -OCH3 is 1. The molecule has 0 aromatic heterocycles. The van der Waals surface area contributed by atoms with E-state index in [1.54, 1.807) is 7.11 Å². The predicted molar refractivity (Wildman–Crippen MR) is 85.4 cm³/mol. The molecule has 0 saturated heterocycles. The first kappa shape index (κ1) is 16.8. The number of nitrogens with zero attached hydrogens (tertiary/aromatic N) is 1. The minimum Gasteiger partial charge on any atom is -0.383 e. The van der Waals surface area contributed by atoms with Gasteiger partial charge < -0.3 is 15.8 Å². The van der Waals surface area contributed by atoms with Gasteiger partial charge in [-0.05, 0) is 24.6 Å². The number of aliphatic imine (C=N–C) groups is 1. The van der Waals surface area contributed by atoms with Gasteiger partial charge in [-0.25, -0.2) is 0 Å². The average molecular weight is 298 g/mol. The second-order valence-electron chi connectivity index (χ2n) is 5.59. The van der Waals surface area contributed by atoms with Gasteiger partial charge in [0.05, 0.1) is 13.2 Å². The molecule has 0 heterocycles. The molecule has 0 bridgehead atoms. The van der Waals surface area contributed by atoms with E-state index in [0.717, 1.165) is 5.02 Å². The lowest BCUT2D eigenvalue weighted by molar-refractivity contribution is 0.179. The van der Waals surface area contributed by atoms with Crippen LogP contribution >= 0.6 is 11.6 Å². The van der Waals surface area contributed by atoms with Crippen LogP contribution in [0.4, 0.5) is 0 Å². The summed E-state index contributed by atoms with van der Waals surface area (Å²) in [6.07, 6.45) is 0. The van der Waals surface area contributed by atoms with Crippen LogP contribution in [-0.2, 0) is 10.2 Å². The Morgan fingerprint density at radius 2 is 2.00 bits per heavy atom. The maximum atomic E-state index is 5.91. The van der Waals surface area contributed by atoms with Crippen molar-refractivity contribution in [2.24, 2.45) is 10.7 Å². The lowest BCUT2D eigenvalue weighted by Gasteiger charge is -2.23. The number of nitrogens with one attached hydrogen (secondary N) is 1. The molecule has 0 spiro atoms. The number of ether oxygens (including phenoxy) is 1. The van der Waals surface area contributed by atoms with E-state index in [4.69, 9.17) is 22.1 Å². The van der Waals surface area contributed by atoms with E-state index in [1.165, 1.54) is 5.56 Å². The van der Waals surface area contributed by atoms with Gasteiger partial charge in [0.2, 0.25) is 0 Å². The van der Waals surface area contributed by atoms with Gasteiger partial charge in [-0.15, -0.1) is 0 Å². The Balaban J connectivity index is 2.64. The van der Waals surface area contributed by atoms with Crippen molar-refractivity contribution in [3.05, 3.63) is 34.9 Å². The van der Waals surface area contributed by atoms with Gasteiger partial charge in [0.15, 0.2) is 5.96 Å². The minimum absolute atomic E-state index is 0.0958. The summed E-state index contributed by atoms with van der Waals surface area (Å²) < 4.78 is 5.04. The van der Waals surface area contributed by atoms with Crippen molar-refractivity contribution in [1.82, 2.24) is 5.32 Å². The number of hydrogen-bond donors (Lipinski definition) is 2. The molecule has 0 aliphatic carbocycles. The Labute approximate surface area is 126 Å². The topological polar surface area (TPSA) is 59.6 Å². The van der Waals surface area contributed by atoms with Crippen molar-refractivity contribution in [3.8, 4) is 0 Å². The molecule has 1 aromatic carbocycles. The normalized spacial score (nSPS) is 14.2. The summed E-state index contributed by atoms with van der Waals surface area (Å²) in [6, 6.07) is 7.97. The molecular formula is C15H24ClN3O. The summed E-state index contributed by atoms with van der Waals surface area (Å²) in [6.45, 7) is 7.46. The third-order valence-corrected chi connectivity index (χ3v) is 3.33. The number of rotatable bonds is 6. The maximum Gasteiger partial charge on any atom is 0.188 e. The first-order chi connectivity index (χ1) is 9.35. The monoisotopic (exact) mass is 297 g/mol. The minimum atomic E-state index is -0.0958. The Morgan fingerprint density at radius 1 is 1.40 bits per heavy atom. The van der Waals surface area contributed by atoms with Gasteiger partial charge in [-0.3, -0.25) is 4.99 Å². The van der Waals surface area contributed by atoms with Crippen LogP contribution in [0.5, 0.6) is 0 Å². The number of guanidine groups is 1. The molecular weight excluding hydrogens is 274 g/mol. The molecule has 0 aliphatic rings. The smallest absolute Gasteiger partial charge is 0.188 e. The molecule has 112 valence electrons. The zero-order chi connectivity index (χ0) is 15.2. The number of halogens is 1. The van der Waals surface area contributed by atoms with E-state index in [0.29, 0.717) is 19.1 Å². The summed E-state index contributed by atoms with van der Waals surface area (Å²) in [4.78, 5) is 4.41. The van der Waals surface area contributed by atoms with Crippen molar-refractivity contribution in [3.63, 3.8) is 0 Å². The Kier molecular flexibility index (Phi) is 6.30. The van der Waals surface area contributed by atoms with Crippen molar-refractivity contribution in [2.75, 3.05) is 20.3 Å². The van der Waals surface area contributed by atoms with Crippen LogP contribution in [0.15, 0.2) is 29.3 Å². The highest BCUT2D eigenvalue weighted by Gasteiger charge is 2.20. The Hall–Kier alpha value is -1.26. The largest absolute Gasteiger partial charge is 0.383 e. The van der Waals surface area contributed by atoms with Gasteiger partial charge in [0.25, 0.3) is 0 Å². The van der Waals surface area contributed by atoms with Gasteiger partial charge >= 0.3 is 0 Å². The molecule has 1 atom stereocenters. The molecule has 0 aliphatic heterocycles. The van der Waals surface area contributed by atoms with E-state index in [1.807, 2.05) is 31.2 Å². The summed E-state index contributed by atoms with van der Waals surface area (Å²) in [5, 5.41) is 3.83. The molecule has 3 N–H and O–H groups in total. The zero-order valence-electron chi connectivity index (χ0n) is 12.6. The van der Waals surface area contributed by atoms with E-state index >= 15 is 0 Å². The third-order valence-electron chi connectivity index (χ3n) is 3.08. The fourth-order valence-corrected chi connectivity index (χ4v) is 1.99. The molecule has 0 radical (unpaired) electrons. The quantitative estimate of drug-likeness (QED) is 0.627. The number of nitrogens with two attached hydrogens (primary N) is 1. The van der Waals surface area contributed by atoms with Crippen LogP contribution < -0.4 is 11.1 Å². The molecule has 1 rings (SSSR count). The highest BCUT2D eigenvalue weighted by atomic mass is 35.5. The van der Waals surface area contributed by atoms with E-state index in [-0.39, 0.29) is 11.5 Å². The van der Waals surface area contributed by atoms with Crippen molar-refractivity contribution in [2.45, 2.75) is 32.2 Å². The van der Waals surface area contributed by atoms with Gasteiger partial charge in [-0.2, -0.15) is 0 Å². The summed E-state index contributed by atoms with van der Waals surface area (Å²) in [5.74, 6) is 0.441. The SMILES string of the molecule is COCC(C)NC(N)=NCC(C)(C)c1ccc(Cl)cc1. The second kappa shape index (κ2) is 7.50. The molecule has 0 saturated carbocycles. The van der Waals surface area contributed by atoms with E-state index < -0.39 is 0 Å². The van der Waals surface area contributed by atoms with E-state index in [9.17, 15) is 0 Å². The Morgan fingerprint density at radius 3 is 2.55 bits per heavy atom. The van der Waals surface area contributed by atoms with Crippen LogP contribution in [0.3, 0.4) is 0 Å². The standard InChI is InChI=1S/C15H24ClN3O/c1-11(9-20-4)19-14(17)18-10-15(2,3)12-5-7-13(16)8-6-12/h5-8,11H,9-10H2,1-4H3,(H3,17,18,19). The fourth-order valence-electron chi connectivity index (χ4n) is 1.86. The summed E-state index contributed by atoms with van der Waals surface area (Å²) in [5.41, 5.74) is 6.96. The molecule has 4 nitrogen and oxygen atoms in total. The lowest BCUT2D eigenvalue weighted by atomic mass is 9.85. The molecule has 1 unspecified atom stereocenters. The zero-order valence-corrected chi connectivity index (χ0v) is 13.4. The first-order valence-corrected chi connectivity index (χ1v) is 7.04. The summed E-state index contributed by atoms with van der Waals surface area (Å²) in [7, 11) is 1.66.